The molecular formula is C13H20N2. The molecule has 0 amide bonds. The van der Waals surface area contributed by atoms with Gasteiger partial charge in [0.2, 0.25) is 0 Å². The highest BCUT2D eigenvalue weighted by Crippen LogP contribution is 2.25. The van der Waals surface area contributed by atoms with Gasteiger partial charge in [0, 0.05) is 23.6 Å². The maximum atomic E-state index is 4.20. The summed E-state index contributed by atoms with van der Waals surface area (Å²) in [4.78, 5) is 4.20. The van der Waals surface area contributed by atoms with Gasteiger partial charge in [-0.1, -0.05) is 6.92 Å². The molecule has 2 rings (SSSR count). The smallest absolute Gasteiger partial charge is 0.0393 e. The first-order chi connectivity index (χ1) is 7.24. The standard InChI is InChI=1S/C13H20N2/c1-10-3-5-12(6-4-10)15-13-7-8-14-11(2)9-13/h7-10,12H,3-6H2,1-2H3,(H,14,15). The molecule has 0 bridgehead atoms. The second-order valence-electron chi connectivity index (χ2n) is 4.79. The van der Waals surface area contributed by atoms with E-state index in [2.05, 4.69) is 29.4 Å². The molecule has 82 valence electrons. The van der Waals surface area contributed by atoms with E-state index in [9.17, 15) is 0 Å². The maximum absolute atomic E-state index is 4.20. The monoisotopic (exact) mass is 204 g/mol. The Labute approximate surface area is 92.1 Å². The summed E-state index contributed by atoms with van der Waals surface area (Å²) < 4.78 is 0. The lowest BCUT2D eigenvalue weighted by Gasteiger charge is -2.27. The Hall–Kier alpha value is -1.05. The zero-order chi connectivity index (χ0) is 10.7. The molecule has 0 spiro atoms. The van der Waals surface area contributed by atoms with Gasteiger partial charge in [-0.15, -0.1) is 0 Å². The summed E-state index contributed by atoms with van der Waals surface area (Å²) in [6.07, 6.45) is 7.22. The van der Waals surface area contributed by atoms with E-state index in [1.54, 1.807) is 0 Å². The summed E-state index contributed by atoms with van der Waals surface area (Å²) in [7, 11) is 0. The number of hydrogen-bond donors (Lipinski definition) is 1. The highest BCUT2D eigenvalue weighted by atomic mass is 14.9. The van der Waals surface area contributed by atoms with Crippen LogP contribution in [0.3, 0.4) is 0 Å². The molecule has 0 radical (unpaired) electrons. The molecule has 1 aliphatic carbocycles. The number of nitrogens with zero attached hydrogens (tertiary/aromatic N) is 1. The Morgan fingerprint density at radius 3 is 2.67 bits per heavy atom. The van der Waals surface area contributed by atoms with E-state index in [4.69, 9.17) is 0 Å². The fourth-order valence-corrected chi connectivity index (χ4v) is 2.28. The second kappa shape index (κ2) is 4.65. The number of aryl methyl sites for hydroxylation is 1. The molecule has 15 heavy (non-hydrogen) atoms. The minimum absolute atomic E-state index is 0.669. The molecular weight excluding hydrogens is 184 g/mol. The first-order valence-electron chi connectivity index (χ1n) is 5.93. The van der Waals surface area contributed by atoms with Crippen molar-refractivity contribution in [1.29, 1.82) is 0 Å². The van der Waals surface area contributed by atoms with Gasteiger partial charge in [0.15, 0.2) is 0 Å². The van der Waals surface area contributed by atoms with E-state index < -0.39 is 0 Å². The number of rotatable bonds is 2. The summed E-state index contributed by atoms with van der Waals surface area (Å²) >= 11 is 0. The van der Waals surface area contributed by atoms with Gasteiger partial charge >= 0.3 is 0 Å². The van der Waals surface area contributed by atoms with Gasteiger partial charge in [-0.2, -0.15) is 0 Å². The van der Waals surface area contributed by atoms with Crippen molar-refractivity contribution < 1.29 is 0 Å². The molecule has 1 fully saturated rings. The third-order valence-electron chi connectivity index (χ3n) is 3.28. The molecule has 0 aliphatic heterocycles. The van der Waals surface area contributed by atoms with Crippen LogP contribution >= 0.6 is 0 Å². The summed E-state index contributed by atoms with van der Waals surface area (Å²) in [5.41, 5.74) is 2.31. The molecule has 0 aromatic carbocycles. The van der Waals surface area contributed by atoms with Gasteiger partial charge in [-0.05, 0) is 50.7 Å². The summed E-state index contributed by atoms with van der Waals surface area (Å²) in [5, 5.41) is 3.60. The van der Waals surface area contributed by atoms with Crippen molar-refractivity contribution in [2.45, 2.75) is 45.6 Å². The van der Waals surface area contributed by atoms with Crippen LogP contribution in [0.4, 0.5) is 5.69 Å². The van der Waals surface area contributed by atoms with Gasteiger partial charge in [0.25, 0.3) is 0 Å². The van der Waals surface area contributed by atoms with E-state index in [1.165, 1.54) is 31.4 Å². The highest BCUT2D eigenvalue weighted by molar-refractivity contribution is 5.43. The average molecular weight is 204 g/mol. The molecule has 1 aromatic heterocycles. The zero-order valence-electron chi connectivity index (χ0n) is 9.66. The van der Waals surface area contributed by atoms with Gasteiger partial charge in [-0.25, -0.2) is 0 Å². The van der Waals surface area contributed by atoms with Crippen LogP contribution in [-0.2, 0) is 0 Å². The van der Waals surface area contributed by atoms with Crippen molar-refractivity contribution in [3.05, 3.63) is 24.0 Å². The quantitative estimate of drug-likeness (QED) is 0.798. The lowest BCUT2D eigenvalue weighted by atomic mass is 9.87. The van der Waals surface area contributed by atoms with Crippen LogP contribution < -0.4 is 5.32 Å². The number of anilines is 1. The largest absolute Gasteiger partial charge is 0.382 e. The number of hydrogen-bond acceptors (Lipinski definition) is 2. The predicted octanol–water partition coefficient (Wildman–Crippen LogP) is 3.38. The first-order valence-corrected chi connectivity index (χ1v) is 5.93. The van der Waals surface area contributed by atoms with Crippen molar-refractivity contribution in [2.24, 2.45) is 5.92 Å². The fourth-order valence-electron chi connectivity index (χ4n) is 2.28. The molecule has 1 saturated carbocycles. The highest BCUT2D eigenvalue weighted by Gasteiger charge is 2.17. The topological polar surface area (TPSA) is 24.9 Å². The maximum Gasteiger partial charge on any atom is 0.0393 e. The normalized spacial score (nSPS) is 26.3. The third kappa shape index (κ3) is 2.95. The van der Waals surface area contributed by atoms with Crippen LogP contribution in [0.25, 0.3) is 0 Å². The molecule has 0 unspecified atom stereocenters. The Bertz CT molecular complexity index is 314. The van der Waals surface area contributed by atoms with Crippen LogP contribution in [0, 0.1) is 12.8 Å². The van der Waals surface area contributed by atoms with Crippen LogP contribution in [0.5, 0.6) is 0 Å². The van der Waals surface area contributed by atoms with E-state index in [0.717, 1.165) is 11.6 Å². The lowest BCUT2D eigenvalue weighted by Crippen LogP contribution is -2.25. The Kier molecular flexibility index (Phi) is 3.24. The summed E-state index contributed by atoms with van der Waals surface area (Å²) in [6.45, 7) is 4.39. The SMILES string of the molecule is Cc1cc(NC2CCC(C)CC2)ccn1. The van der Waals surface area contributed by atoms with Gasteiger partial charge in [-0.3, -0.25) is 4.98 Å². The molecule has 0 atom stereocenters. The fraction of sp³-hybridized carbons (Fsp3) is 0.615. The number of pyridine rings is 1. The summed E-state index contributed by atoms with van der Waals surface area (Å²) in [6, 6.07) is 4.85. The minimum Gasteiger partial charge on any atom is -0.382 e. The van der Waals surface area contributed by atoms with E-state index in [1.807, 2.05) is 13.1 Å². The van der Waals surface area contributed by atoms with Crippen LogP contribution in [0.1, 0.15) is 38.3 Å². The van der Waals surface area contributed by atoms with Crippen LogP contribution in [0.15, 0.2) is 18.3 Å². The van der Waals surface area contributed by atoms with Crippen LogP contribution in [0.2, 0.25) is 0 Å². The third-order valence-corrected chi connectivity index (χ3v) is 3.28. The molecule has 1 heterocycles. The summed E-state index contributed by atoms with van der Waals surface area (Å²) in [5.74, 6) is 0.919. The lowest BCUT2D eigenvalue weighted by molar-refractivity contribution is 0.361. The Morgan fingerprint density at radius 2 is 2.00 bits per heavy atom. The first kappa shape index (κ1) is 10.5. The van der Waals surface area contributed by atoms with Gasteiger partial charge in [0.05, 0.1) is 0 Å². The molecule has 1 aliphatic rings. The molecule has 0 saturated heterocycles. The molecule has 1 N–H and O–H groups in total. The molecule has 2 nitrogen and oxygen atoms in total. The Morgan fingerprint density at radius 1 is 1.27 bits per heavy atom. The zero-order valence-corrected chi connectivity index (χ0v) is 9.66. The predicted molar refractivity (Wildman–Crippen MR) is 64.0 cm³/mol. The van der Waals surface area contributed by atoms with E-state index in [-0.39, 0.29) is 0 Å². The minimum atomic E-state index is 0.669. The molecule has 2 heteroatoms. The van der Waals surface area contributed by atoms with E-state index >= 15 is 0 Å². The second-order valence-corrected chi connectivity index (χ2v) is 4.79. The van der Waals surface area contributed by atoms with Crippen molar-refractivity contribution in [3.8, 4) is 0 Å². The number of nitrogens with one attached hydrogen (secondary N) is 1. The Balaban J connectivity index is 1.92. The van der Waals surface area contributed by atoms with Gasteiger partial charge < -0.3 is 5.32 Å². The van der Waals surface area contributed by atoms with Gasteiger partial charge in [0.1, 0.15) is 0 Å². The molecule has 1 aromatic rings. The van der Waals surface area contributed by atoms with Crippen LogP contribution in [-0.4, -0.2) is 11.0 Å². The van der Waals surface area contributed by atoms with E-state index in [0.29, 0.717) is 6.04 Å². The van der Waals surface area contributed by atoms with Crippen molar-refractivity contribution in [2.75, 3.05) is 5.32 Å². The van der Waals surface area contributed by atoms with Crippen molar-refractivity contribution in [3.63, 3.8) is 0 Å². The van der Waals surface area contributed by atoms with Crippen molar-refractivity contribution >= 4 is 5.69 Å². The number of aromatic nitrogens is 1. The van der Waals surface area contributed by atoms with Crippen molar-refractivity contribution in [1.82, 2.24) is 4.98 Å². The average Bonchev–Trinajstić information content (AvgIpc) is 2.22.